The topological polar surface area (TPSA) is 96.9 Å². The number of carboxylic acids is 1. The summed E-state index contributed by atoms with van der Waals surface area (Å²) in [5.74, 6) is -0.626. The normalized spacial score (nSPS) is 13.4. The predicted octanol–water partition coefficient (Wildman–Crippen LogP) is -0.447. The van der Waals surface area contributed by atoms with Crippen molar-refractivity contribution in [3.05, 3.63) is 18.2 Å². The smallest absolute Gasteiger partial charge is 0.250 e. The third-order valence-corrected chi connectivity index (χ3v) is 2.48. The minimum atomic E-state index is -1.37. The molecule has 20 heavy (non-hydrogen) atoms. The zero-order valence-electron chi connectivity index (χ0n) is 10.7. The van der Waals surface area contributed by atoms with Crippen LogP contribution in [0.25, 0.3) is 0 Å². The van der Waals surface area contributed by atoms with Gasteiger partial charge in [-0.3, -0.25) is 4.79 Å². The number of carbonyl (C=O) groups is 2. The Hall–Kier alpha value is -2.28. The van der Waals surface area contributed by atoms with Crippen LogP contribution in [0.1, 0.15) is 6.42 Å². The monoisotopic (exact) mass is 280 g/mol. The average molecular weight is 280 g/mol. The molecule has 1 heterocycles. The fourth-order valence-corrected chi connectivity index (χ4v) is 1.67. The summed E-state index contributed by atoms with van der Waals surface area (Å²) in [5, 5.41) is 12.7. The molecule has 108 valence electrons. The summed E-state index contributed by atoms with van der Waals surface area (Å²) in [4.78, 5) is 21.6. The predicted molar refractivity (Wildman–Crippen MR) is 66.5 cm³/mol. The number of ether oxygens (including phenoxy) is 3. The first-order valence-electron chi connectivity index (χ1n) is 6.12. The fraction of sp³-hybridized carbons (Fsp3) is 0.385. The summed E-state index contributed by atoms with van der Waals surface area (Å²) < 4.78 is 15.6. The third-order valence-electron chi connectivity index (χ3n) is 2.48. The number of amides is 1. The number of aliphatic carboxylic acids is 1. The van der Waals surface area contributed by atoms with E-state index in [1.54, 1.807) is 18.2 Å². The van der Waals surface area contributed by atoms with E-state index in [-0.39, 0.29) is 6.61 Å². The van der Waals surface area contributed by atoms with E-state index in [9.17, 15) is 14.7 Å². The number of anilines is 1. The maximum absolute atomic E-state index is 11.5. The van der Waals surface area contributed by atoms with Crippen molar-refractivity contribution < 1.29 is 28.9 Å². The summed E-state index contributed by atoms with van der Waals surface area (Å²) in [5.41, 5.74) is 0.524. The van der Waals surface area contributed by atoms with Gasteiger partial charge in [-0.25, -0.2) is 0 Å². The molecule has 1 aromatic carbocycles. The molecule has 0 atom stereocenters. The van der Waals surface area contributed by atoms with Crippen LogP contribution < -0.4 is 19.9 Å². The second-order valence-corrected chi connectivity index (χ2v) is 4.12. The Balaban J connectivity index is 1.91. The molecule has 7 heteroatoms. The molecule has 0 spiro atoms. The first-order valence-corrected chi connectivity index (χ1v) is 6.12. The van der Waals surface area contributed by atoms with Crippen molar-refractivity contribution in [3.63, 3.8) is 0 Å². The van der Waals surface area contributed by atoms with Crippen molar-refractivity contribution >= 4 is 17.6 Å². The Bertz CT molecular complexity index is 502. The van der Waals surface area contributed by atoms with Crippen molar-refractivity contribution in [2.24, 2.45) is 0 Å². The van der Waals surface area contributed by atoms with Gasteiger partial charge in [0.2, 0.25) is 5.91 Å². The molecule has 1 aliphatic rings. The van der Waals surface area contributed by atoms with Gasteiger partial charge >= 0.3 is 0 Å². The van der Waals surface area contributed by atoms with Gasteiger partial charge in [0.1, 0.15) is 6.61 Å². The van der Waals surface area contributed by atoms with E-state index < -0.39 is 18.5 Å². The molecule has 0 radical (unpaired) electrons. The Kier molecular flexibility index (Phi) is 4.78. The highest BCUT2D eigenvalue weighted by Gasteiger charge is 2.11. The standard InChI is InChI=1S/C13H15NO6/c15-12(7-18-8-13(16)17)14-9-2-3-10-11(6-9)20-5-1-4-19-10/h2-3,6H,1,4-5,7-8H2,(H,14,15)(H,16,17)/p-1. The number of hydrogen-bond donors (Lipinski definition) is 1. The van der Waals surface area contributed by atoms with Crippen molar-refractivity contribution in [2.75, 3.05) is 31.7 Å². The van der Waals surface area contributed by atoms with E-state index in [2.05, 4.69) is 10.1 Å². The summed E-state index contributed by atoms with van der Waals surface area (Å²) in [6.45, 7) is 0.172. The highest BCUT2D eigenvalue weighted by Crippen LogP contribution is 2.32. The Morgan fingerprint density at radius 1 is 1.20 bits per heavy atom. The molecule has 0 aliphatic carbocycles. The number of nitrogens with one attached hydrogen (secondary N) is 1. The highest BCUT2D eigenvalue weighted by atomic mass is 16.5. The van der Waals surface area contributed by atoms with Crippen LogP contribution >= 0.6 is 0 Å². The number of hydrogen-bond acceptors (Lipinski definition) is 6. The van der Waals surface area contributed by atoms with Gasteiger partial charge in [0.05, 0.1) is 25.8 Å². The van der Waals surface area contributed by atoms with Gasteiger partial charge in [0.25, 0.3) is 0 Å². The molecular formula is C13H14NO6-. The van der Waals surface area contributed by atoms with E-state index in [0.717, 1.165) is 6.42 Å². The van der Waals surface area contributed by atoms with Gasteiger partial charge in [-0.15, -0.1) is 0 Å². The van der Waals surface area contributed by atoms with Gasteiger partial charge < -0.3 is 29.4 Å². The molecule has 0 saturated heterocycles. The molecule has 0 bridgehead atoms. The van der Waals surface area contributed by atoms with Gasteiger partial charge in [-0.1, -0.05) is 0 Å². The van der Waals surface area contributed by atoms with Crippen molar-refractivity contribution in [1.29, 1.82) is 0 Å². The van der Waals surface area contributed by atoms with E-state index in [1.165, 1.54) is 0 Å². The molecule has 1 aromatic rings. The third kappa shape index (κ3) is 4.13. The van der Waals surface area contributed by atoms with E-state index >= 15 is 0 Å². The highest BCUT2D eigenvalue weighted by molar-refractivity contribution is 5.92. The van der Waals surface area contributed by atoms with Crippen LogP contribution in [0, 0.1) is 0 Å². The lowest BCUT2D eigenvalue weighted by Gasteiger charge is -2.10. The Morgan fingerprint density at radius 3 is 2.70 bits per heavy atom. The minimum Gasteiger partial charge on any atom is -0.548 e. The summed E-state index contributed by atoms with van der Waals surface area (Å²) in [7, 11) is 0. The second kappa shape index (κ2) is 6.76. The molecule has 0 saturated carbocycles. The van der Waals surface area contributed by atoms with Crippen LogP contribution in [0.2, 0.25) is 0 Å². The van der Waals surface area contributed by atoms with E-state index in [0.29, 0.717) is 30.4 Å². The zero-order valence-corrected chi connectivity index (χ0v) is 10.7. The molecule has 0 aromatic heterocycles. The minimum absolute atomic E-state index is 0.359. The van der Waals surface area contributed by atoms with Crippen LogP contribution in [-0.4, -0.2) is 38.3 Å². The summed E-state index contributed by atoms with van der Waals surface area (Å²) in [6.07, 6.45) is 0.799. The number of rotatable bonds is 5. The van der Waals surface area contributed by atoms with E-state index in [1.807, 2.05) is 0 Å². The van der Waals surface area contributed by atoms with Crippen LogP contribution in [0.15, 0.2) is 18.2 Å². The lowest BCUT2D eigenvalue weighted by atomic mass is 10.2. The summed E-state index contributed by atoms with van der Waals surface area (Å²) >= 11 is 0. The number of carbonyl (C=O) groups excluding carboxylic acids is 2. The molecular weight excluding hydrogens is 266 g/mol. The largest absolute Gasteiger partial charge is 0.548 e. The number of fused-ring (bicyclic) bond motifs is 1. The molecule has 7 nitrogen and oxygen atoms in total. The lowest BCUT2D eigenvalue weighted by molar-refractivity contribution is -0.309. The average Bonchev–Trinajstić information content (AvgIpc) is 2.62. The first kappa shape index (κ1) is 14.1. The van der Waals surface area contributed by atoms with E-state index in [4.69, 9.17) is 9.47 Å². The molecule has 1 N–H and O–H groups in total. The Labute approximate surface area is 115 Å². The van der Waals surface area contributed by atoms with Crippen LogP contribution in [0.5, 0.6) is 11.5 Å². The van der Waals surface area contributed by atoms with Crippen molar-refractivity contribution in [3.8, 4) is 11.5 Å². The van der Waals surface area contributed by atoms with Gasteiger partial charge in [0.15, 0.2) is 11.5 Å². The molecule has 1 amide bonds. The molecule has 0 fully saturated rings. The van der Waals surface area contributed by atoms with Crippen LogP contribution in [-0.2, 0) is 14.3 Å². The molecule has 1 aliphatic heterocycles. The number of benzene rings is 1. The quantitative estimate of drug-likeness (QED) is 0.785. The lowest BCUT2D eigenvalue weighted by Crippen LogP contribution is -2.29. The molecule has 2 rings (SSSR count). The zero-order chi connectivity index (χ0) is 14.4. The van der Waals surface area contributed by atoms with Crippen LogP contribution in [0.3, 0.4) is 0 Å². The van der Waals surface area contributed by atoms with Gasteiger partial charge in [0, 0.05) is 18.2 Å². The SMILES string of the molecule is O=C([O-])COCC(=O)Nc1ccc2c(c1)OCCCO2. The first-order chi connectivity index (χ1) is 9.65. The van der Waals surface area contributed by atoms with Gasteiger partial charge in [-0.05, 0) is 12.1 Å². The maximum Gasteiger partial charge on any atom is 0.250 e. The fourth-order valence-electron chi connectivity index (χ4n) is 1.67. The van der Waals surface area contributed by atoms with Gasteiger partial charge in [-0.2, -0.15) is 0 Å². The molecule has 0 unspecified atom stereocenters. The second-order valence-electron chi connectivity index (χ2n) is 4.12. The van der Waals surface area contributed by atoms with Crippen molar-refractivity contribution in [2.45, 2.75) is 6.42 Å². The Morgan fingerprint density at radius 2 is 1.95 bits per heavy atom. The maximum atomic E-state index is 11.5. The van der Waals surface area contributed by atoms with Crippen LogP contribution in [0.4, 0.5) is 5.69 Å². The summed E-state index contributed by atoms with van der Waals surface area (Å²) in [6, 6.07) is 5.03. The number of carboxylic acid groups (broad SMARTS) is 1. The van der Waals surface area contributed by atoms with Crippen molar-refractivity contribution in [1.82, 2.24) is 0 Å².